The molecule has 0 unspecified atom stereocenters. The fourth-order valence-corrected chi connectivity index (χ4v) is 1.48. The van der Waals surface area contributed by atoms with Crippen molar-refractivity contribution in [1.82, 2.24) is 5.32 Å². The molecule has 0 spiro atoms. The summed E-state index contributed by atoms with van der Waals surface area (Å²) in [4.78, 5) is 0. The van der Waals surface area contributed by atoms with E-state index < -0.39 is 0 Å². The topological polar surface area (TPSA) is 56.5 Å². The van der Waals surface area contributed by atoms with Gasteiger partial charge < -0.3 is 20.5 Å². The van der Waals surface area contributed by atoms with Crippen LogP contribution in [0.25, 0.3) is 0 Å². The van der Waals surface area contributed by atoms with E-state index in [2.05, 4.69) is 5.32 Å². The number of hydrogen-bond acceptors (Lipinski definition) is 3. The zero-order valence-corrected chi connectivity index (χ0v) is 10.3. The third-order valence-corrected chi connectivity index (χ3v) is 2.33. The molecule has 0 heterocycles. The fourth-order valence-electron chi connectivity index (χ4n) is 1.38. The van der Waals surface area contributed by atoms with E-state index in [0.29, 0.717) is 11.7 Å². The minimum absolute atomic E-state index is 0.312. The van der Waals surface area contributed by atoms with Gasteiger partial charge in [0.15, 0.2) is 5.11 Å². The van der Waals surface area contributed by atoms with Crippen molar-refractivity contribution in [3.63, 3.8) is 0 Å². The molecular formula is C11H16N2O2S. The van der Waals surface area contributed by atoms with Gasteiger partial charge in [-0.1, -0.05) is 6.07 Å². The van der Waals surface area contributed by atoms with Crippen molar-refractivity contribution in [1.29, 1.82) is 0 Å². The first-order chi connectivity index (χ1) is 7.67. The molecule has 0 aliphatic carbocycles. The summed E-state index contributed by atoms with van der Waals surface area (Å²) in [6.07, 6.45) is 0.796. The summed E-state index contributed by atoms with van der Waals surface area (Å²) in [6.45, 7) is 0.692. The van der Waals surface area contributed by atoms with Gasteiger partial charge in [-0.25, -0.2) is 0 Å². The molecule has 1 aromatic carbocycles. The maximum atomic E-state index is 5.34. The average Bonchev–Trinajstić information content (AvgIpc) is 2.29. The molecule has 4 nitrogen and oxygen atoms in total. The van der Waals surface area contributed by atoms with Crippen molar-refractivity contribution in [2.24, 2.45) is 5.73 Å². The van der Waals surface area contributed by atoms with Gasteiger partial charge in [0.1, 0.15) is 11.5 Å². The molecular weight excluding hydrogens is 224 g/mol. The van der Waals surface area contributed by atoms with Crippen molar-refractivity contribution in [2.45, 2.75) is 6.42 Å². The maximum Gasteiger partial charge on any atom is 0.163 e. The van der Waals surface area contributed by atoms with Crippen LogP contribution in [0.15, 0.2) is 18.2 Å². The van der Waals surface area contributed by atoms with Crippen LogP contribution in [0.5, 0.6) is 11.5 Å². The first-order valence-electron chi connectivity index (χ1n) is 4.91. The third-order valence-electron chi connectivity index (χ3n) is 2.19. The van der Waals surface area contributed by atoms with E-state index in [0.717, 1.165) is 23.5 Å². The monoisotopic (exact) mass is 240 g/mol. The van der Waals surface area contributed by atoms with Crippen LogP contribution in [0.1, 0.15) is 5.56 Å². The van der Waals surface area contributed by atoms with Crippen molar-refractivity contribution < 1.29 is 9.47 Å². The van der Waals surface area contributed by atoms with Crippen LogP contribution in [-0.4, -0.2) is 25.9 Å². The minimum Gasteiger partial charge on any atom is -0.497 e. The van der Waals surface area contributed by atoms with Crippen molar-refractivity contribution in [2.75, 3.05) is 20.8 Å². The van der Waals surface area contributed by atoms with Crippen LogP contribution in [0, 0.1) is 0 Å². The second kappa shape index (κ2) is 6.17. The van der Waals surface area contributed by atoms with E-state index in [1.54, 1.807) is 14.2 Å². The maximum absolute atomic E-state index is 5.34. The highest BCUT2D eigenvalue weighted by Gasteiger charge is 2.04. The normalized spacial score (nSPS) is 9.62. The fraction of sp³-hybridized carbons (Fsp3) is 0.364. The molecule has 0 amide bonds. The van der Waals surface area contributed by atoms with Gasteiger partial charge in [-0.2, -0.15) is 0 Å². The zero-order chi connectivity index (χ0) is 12.0. The quantitative estimate of drug-likeness (QED) is 0.754. The van der Waals surface area contributed by atoms with E-state index in [1.165, 1.54) is 0 Å². The lowest BCUT2D eigenvalue weighted by atomic mass is 10.1. The summed E-state index contributed by atoms with van der Waals surface area (Å²) in [6, 6.07) is 5.73. The van der Waals surface area contributed by atoms with Crippen LogP contribution in [0.4, 0.5) is 0 Å². The molecule has 1 rings (SSSR count). The molecule has 0 aromatic heterocycles. The molecule has 0 saturated heterocycles. The lowest BCUT2D eigenvalue weighted by Gasteiger charge is -2.10. The number of rotatable bonds is 5. The first kappa shape index (κ1) is 12.6. The van der Waals surface area contributed by atoms with Gasteiger partial charge in [-0.05, 0) is 30.3 Å². The van der Waals surface area contributed by atoms with Gasteiger partial charge in [0.2, 0.25) is 0 Å². The molecule has 0 saturated carbocycles. The minimum atomic E-state index is 0.312. The zero-order valence-electron chi connectivity index (χ0n) is 9.45. The van der Waals surface area contributed by atoms with E-state index >= 15 is 0 Å². The Bertz CT molecular complexity index is 369. The predicted octanol–water partition coefficient (Wildman–Crippen LogP) is 1.08. The number of ether oxygens (including phenoxy) is 2. The van der Waals surface area contributed by atoms with Crippen molar-refractivity contribution >= 4 is 17.3 Å². The lowest BCUT2D eigenvalue weighted by Crippen LogP contribution is -2.30. The number of nitrogens with one attached hydrogen (secondary N) is 1. The molecule has 88 valence electrons. The van der Waals surface area contributed by atoms with E-state index in [9.17, 15) is 0 Å². The summed E-state index contributed by atoms with van der Waals surface area (Å²) in [5, 5.41) is 3.21. The summed E-state index contributed by atoms with van der Waals surface area (Å²) in [5.74, 6) is 1.59. The second-order valence-corrected chi connectivity index (χ2v) is 3.66. The van der Waals surface area contributed by atoms with Gasteiger partial charge in [0.05, 0.1) is 14.2 Å². The second-order valence-electron chi connectivity index (χ2n) is 3.22. The molecule has 16 heavy (non-hydrogen) atoms. The van der Waals surface area contributed by atoms with Crippen LogP contribution in [0.2, 0.25) is 0 Å². The number of hydrogen-bond donors (Lipinski definition) is 2. The van der Waals surface area contributed by atoms with Crippen molar-refractivity contribution in [3.05, 3.63) is 23.8 Å². The van der Waals surface area contributed by atoms with Gasteiger partial charge in [0, 0.05) is 12.6 Å². The third kappa shape index (κ3) is 3.58. The Morgan fingerprint density at radius 1 is 1.38 bits per heavy atom. The Balaban J connectivity index is 2.68. The van der Waals surface area contributed by atoms with E-state index in [4.69, 9.17) is 27.4 Å². The van der Waals surface area contributed by atoms with Gasteiger partial charge in [-0.3, -0.25) is 0 Å². The highest BCUT2D eigenvalue weighted by atomic mass is 32.1. The molecule has 1 aromatic rings. The number of thiocarbonyl (C=S) groups is 1. The predicted molar refractivity (Wildman–Crippen MR) is 68.0 cm³/mol. The Hall–Kier alpha value is -1.49. The molecule has 5 heteroatoms. The highest BCUT2D eigenvalue weighted by molar-refractivity contribution is 7.80. The van der Waals surface area contributed by atoms with Crippen LogP contribution < -0.4 is 20.5 Å². The van der Waals surface area contributed by atoms with Gasteiger partial charge >= 0.3 is 0 Å². The Morgan fingerprint density at radius 2 is 2.12 bits per heavy atom. The summed E-state index contributed by atoms with van der Waals surface area (Å²) in [5.41, 5.74) is 6.43. The SMILES string of the molecule is COc1ccc(CCNC(N)=S)c(OC)c1. The van der Waals surface area contributed by atoms with E-state index in [1.807, 2.05) is 18.2 Å². The summed E-state index contributed by atoms with van der Waals surface area (Å²) >= 11 is 4.73. The average molecular weight is 240 g/mol. The summed E-state index contributed by atoms with van der Waals surface area (Å²) in [7, 11) is 3.27. The molecule has 0 aliphatic rings. The smallest absolute Gasteiger partial charge is 0.163 e. The molecule has 0 fully saturated rings. The molecule has 0 bridgehead atoms. The van der Waals surface area contributed by atoms with Crippen LogP contribution in [-0.2, 0) is 6.42 Å². The lowest BCUT2D eigenvalue weighted by molar-refractivity contribution is 0.391. The highest BCUT2D eigenvalue weighted by Crippen LogP contribution is 2.24. The standard InChI is InChI=1S/C11H16N2O2S/c1-14-9-4-3-8(10(7-9)15-2)5-6-13-11(12)16/h3-4,7H,5-6H2,1-2H3,(H3,12,13,16). The van der Waals surface area contributed by atoms with Crippen LogP contribution >= 0.6 is 12.2 Å². The van der Waals surface area contributed by atoms with E-state index in [-0.39, 0.29) is 0 Å². The Kier molecular flexibility index (Phi) is 4.85. The molecule has 0 radical (unpaired) electrons. The summed E-state index contributed by atoms with van der Waals surface area (Å²) < 4.78 is 10.4. The Morgan fingerprint density at radius 3 is 2.69 bits per heavy atom. The van der Waals surface area contributed by atoms with Gasteiger partial charge in [-0.15, -0.1) is 0 Å². The number of benzene rings is 1. The number of methoxy groups -OCH3 is 2. The van der Waals surface area contributed by atoms with Gasteiger partial charge in [0.25, 0.3) is 0 Å². The first-order valence-corrected chi connectivity index (χ1v) is 5.32. The number of nitrogens with two attached hydrogens (primary N) is 1. The largest absolute Gasteiger partial charge is 0.497 e. The molecule has 3 N–H and O–H groups in total. The van der Waals surface area contributed by atoms with Crippen molar-refractivity contribution in [3.8, 4) is 11.5 Å². The Labute approximate surface area is 101 Å². The molecule has 0 aliphatic heterocycles. The van der Waals surface area contributed by atoms with Crippen LogP contribution in [0.3, 0.4) is 0 Å². The molecule has 0 atom stereocenters.